The summed E-state index contributed by atoms with van der Waals surface area (Å²) in [5.74, 6) is -0.884. The molecule has 6 nitrogen and oxygen atoms in total. The summed E-state index contributed by atoms with van der Waals surface area (Å²) in [5.41, 5.74) is 3.67. The van der Waals surface area contributed by atoms with Gasteiger partial charge in [-0.3, -0.25) is 4.79 Å². The van der Waals surface area contributed by atoms with Crippen LogP contribution in [0.25, 0.3) is 22.1 Å². The predicted molar refractivity (Wildman–Crippen MR) is 122 cm³/mol. The number of furan rings is 1. The van der Waals surface area contributed by atoms with E-state index in [0.717, 1.165) is 16.8 Å². The van der Waals surface area contributed by atoms with Gasteiger partial charge in [0.25, 0.3) is 10.0 Å². The molecule has 0 aliphatic heterocycles. The van der Waals surface area contributed by atoms with E-state index < -0.39 is 15.9 Å². The lowest BCUT2D eigenvalue weighted by molar-refractivity contribution is 0.0956. The van der Waals surface area contributed by atoms with Crippen molar-refractivity contribution in [1.29, 1.82) is 0 Å². The van der Waals surface area contributed by atoms with E-state index in [1.807, 2.05) is 62.3 Å². The summed E-state index contributed by atoms with van der Waals surface area (Å²) in [4.78, 5) is 14.7. The molecule has 0 unspecified atom stereocenters. The maximum Gasteiger partial charge on any atom is 0.300 e. The summed E-state index contributed by atoms with van der Waals surface area (Å²) in [7, 11) is -0.332. The number of benzene rings is 3. The van der Waals surface area contributed by atoms with Crippen LogP contribution in [0.4, 0.5) is 5.69 Å². The molecule has 158 valence electrons. The minimum atomic E-state index is -4.13. The molecule has 0 atom stereocenters. The fourth-order valence-corrected chi connectivity index (χ4v) is 4.62. The van der Waals surface area contributed by atoms with E-state index in [1.165, 1.54) is 12.1 Å². The average molecular weight is 435 g/mol. The van der Waals surface area contributed by atoms with Crippen LogP contribution in [0, 0.1) is 6.92 Å². The minimum absolute atomic E-state index is 0.0312. The second-order valence-corrected chi connectivity index (χ2v) is 9.12. The zero-order chi connectivity index (χ0) is 22.2. The van der Waals surface area contributed by atoms with Gasteiger partial charge in [0.2, 0.25) is 0 Å². The summed E-state index contributed by atoms with van der Waals surface area (Å²) in [6.45, 7) is 1.91. The Bertz CT molecular complexity index is 1390. The zero-order valence-corrected chi connectivity index (χ0v) is 18.2. The molecule has 0 saturated carbocycles. The smallest absolute Gasteiger partial charge is 0.300 e. The Hall–Kier alpha value is -3.58. The first kappa shape index (κ1) is 20.7. The molecule has 0 aliphatic carbocycles. The van der Waals surface area contributed by atoms with Crippen LogP contribution in [0.5, 0.6) is 0 Å². The third-order valence-electron chi connectivity index (χ3n) is 5.08. The van der Waals surface area contributed by atoms with E-state index in [9.17, 15) is 13.2 Å². The van der Waals surface area contributed by atoms with E-state index in [4.69, 9.17) is 4.42 Å². The molecule has 31 heavy (non-hydrogen) atoms. The fraction of sp³-hybridized carbons (Fsp3) is 0.125. The van der Waals surface area contributed by atoms with E-state index in [-0.39, 0.29) is 10.7 Å². The highest BCUT2D eigenvalue weighted by Gasteiger charge is 2.24. The van der Waals surface area contributed by atoms with E-state index >= 15 is 0 Å². The van der Waals surface area contributed by atoms with Crippen LogP contribution in [0.3, 0.4) is 0 Å². The van der Waals surface area contributed by atoms with Crippen molar-refractivity contribution in [3.8, 4) is 11.1 Å². The van der Waals surface area contributed by atoms with Gasteiger partial charge in [0, 0.05) is 36.8 Å². The first-order chi connectivity index (χ1) is 14.8. The highest BCUT2D eigenvalue weighted by Crippen LogP contribution is 2.30. The Kier molecular flexibility index (Phi) is 5.29. The van der Waals surface area contributed by atoms with Crippen molar-refractivity contribution >= 4 is 32.6 Å². The molecule has 1 amide bonds. The third kappa shape index (κ3) is 4.04. The highest BCUT2D eigenvalue weighted by molar-refractivity contribution is 7.90. The molecule has 4 rings (SSSR count). The monoisotopic (exact) mass is 434 g/mol. The third-order valence-corrected chi connectivity index (χ3v) is 6.47. The van der Waals surface area contributed by atoms with Crippen molar-refractivity contribution in [2.45, 2.75) is 11.8 Å². The molecule has 0 saturated heterocycles. The summed E-state index contributed by atoms with van der Waals surface area (Å²) in [6, 6.07) is 21.2. The Morgan fingerprint density at radius 2 is 1.58 bits per heavy atom. The van der Waals surface area contributed by atoms with Gasteiger partial charge in [-0.2, -0.15) is 0 Å². The molecule has 0 radical (unpaired) electrons. The second-order valence-electron chi connectivity index (χ2n) is 7.47. The van der Waals surface area contributed by atoms with Crippen molar-refractivity contribution in [2.24, 2.45) is 0 Å². The second kappa shape index (κ2) is 7.92. The molecule has 0 fully saturated rings. The van der Waals surface area contributed by atoms with Crippen LogP contribution >= 0.6 is 0 Å². The Morgan fingerprint density at radius 3 is 2.29 bits per heavy atom. The van der Waals surface area contributed by atoms with Gasteiger partial charge in [-0.1, -0.05) is 42.5 Å². The van der Waals surface area contributed by atoms with E-state index in [0.29, 0.717) is 16.5 Å². The number of nitrogens with one attached hydrogen (secondary N) is 1. The van der Waals surface area contributed by atoms with Crippen LogP contribution in [-0.4, -0.2) is 28.4 Å². The minimum Gasteiger partial charge on any atom is -0.451 e. The number of rotatable bonds is 5. The molecule has 4 aromatic rings. The summed E-state index contributed by atoms with van der Waals surface area (Å²) >= 11 is 0. The fourth-order valence-electron chi connectivity index (χ4n) is 3.44. The van der Waals surface area contributed by atoms with Crippen LogP contribution in [-0.2, 0) is 10.0 Å². The molecule has 7 heteroatoms. The number of hydrogen-bond donors (Lipinski definition) is 1. The van der Waals surface area contributed by atoms with Crippen LogP contribution in [0.15, 0.2) is 82.1 Å². The van der Waals surface area contributed by atoms with Gasteiger partial charge in [0.15, 0.2) is 5.76 Å². The molecule has 1 heterocycles. The topological polar surface area (TPSA) is 79.6 Å². The molecule has 0 aliphatic rings. The number of aryl methyl sites for hydroxylation is 1. The van der Waals surface area contributed by atoms with E-state index in [1.54, 1.807) is 24.3 Å². The molecule has 3 aromatic carbocycles. The molecular weight excluding hydrogens is 412 g/mol. The van der Waals surface area contributed by atoms with Crippen molar-refractivity contribution in [2.75, 3.05) is 19.0 Å². The molecule has 1 N–H and O–H groups in total. The number of carbonyl (C=O) groups excluding carboxylic acids is 1. The number of carbonyl (C=O) groups is 1. The van der Waals surface area contributed by atoms with Crippen LogP contribution in [0.2, 0.25) is 0 Å². The van der Waals surface area contributed by atoms with Crippen molar-refractivity contribution < 1.29 is 17.6 Å². The molecule has 0 bridgehead atoms. The van der Waals surface area contributed by atoms with Crippen molar-refractivity contribution in [1.82, 2.24) is 4.72 Å². The van der Waals surface area contributed by atoms with E-state index in [2.05, 4.69) is 4.72 Å². The lowest BCUT2D eigenvalue weighted by Crippen LogP contribution is -2.30. The Balaban J connectivity index is 1.68. The quantitative estimate of drug-likeness (QED) is 0.497. The largest absolute Gasteiger partial charge is 0.451 e. The maximum atomic E-state index is 13.1. The highest BCUT2D eigenvalue weighted by atomic mass is 32.2. The number of sulfonamides is 1. The normalized spacial score (nSPS) is 11.5. The summed E-state index contributed by atoms with van der Waals surface area (Å²) in [6.07, 6.45) is 0. The first-order valence-electron chi connectivity index (χ1n) is 9.69. The number of hydrogen-bond acceptors (Lipinski definition) is 5. The summed E-state index contributed by atoms with van der Waals surface area (Å²) in [5, 5.41) is 0.716. The lowest BCUT2D eigenvalue weighted by atomic mass is 10.0. The van der Waals surface area contributed by atoms with Crippen LogP contribution in [0.1, 0.15) is 16.1 Å². The Labute approximate surface area is 181 Å². The van der Waals surface area contributed by atoms with Crippen LogP contribution < -0.4 is 9.62 Å². The average Bonchev–Trinajstić information content (AvgIpc) is 3.17. The molecule has 1 aromatic heterocycles. The predicted octanol–water partition coefficient (Wildman–Crippen LogP) is 4.59. The van der Waals surface area contributed by atoms with Crippen molar-refractivity contribution in [3.63, 3.8) is 0 Å². The SMILES string of the molecule is Cc1ccccc1-c1ccccc1S(=O)(=O)NC(=O)c1cc2ccc(N(C)C)cc2o1. The van der Waals surface area contributed by atoms with Gasteiger partial charge in [-0.05, 0) is 42.3 Å². The maximum absolute atomic E-state index is 13.1. The van der Waals surface area contributed by atoms with Gasteiger partial charge in [-0.15, -0.1) is 0 Å². The van der Waals surface area contributed by atoms with Gasteiger partial charge >= 0.3 is 5.91 Å². The molecular formula is C24H22N2O4S. The number of amides is 1. The van der Waals surface area contributed by atoms with Gasteiger partial charge in [0.05, 0.1) is 4.90 Å². The Morgan fingerprint density at radius 1 is 0.903 bits per heavy atom. The number of anilines is 1. The van der Waals surface area contributed by atoms with Gasteiger partial charge < -0.3 is 9.32 Å². The molecule has 0 spiro atoms. The lowest BCUT2D eigenvalue weighted by Gasteiger charge is -2.13. The zero-order valence-electron chi connectivity index (χ0n) is 17.4. The van der Waals surface area contributed by atoms with Crippen molar-refractivity contribution in [3.05, 3.63) is 84.1 Å². The van der Waals surface area contributed by atoms with Gasteiger partial charge in [-0.25, -0.2) is 13.1 Å². The first-order valence-corrected chi connectivity index (χ1v) is 11.2. The summed E-state index contributed by atoms with van der Waals surface area (Å²) < 4.78 is 34.0. The van der Waals surface area contributed by atoms with Gasteiger partial charge in [0.1, 0.15) is 5.58 Å². The number of fused-ring (bicyclic) bond motifs is 1. The standard InChI is InChI=1S/C24H22N2O4S/c1-16-8-4-5-9-19(16)20-10-6-7-11-23(20)31(28,29)25-24(27)22-14-17-12-13-18(26(2)3)15-21(17)30-22/h4-15H,1-3H3,(H,25,27). The number of nitrogens with zero attached hydrogens (tertiary/aromatic N) is 1.